The van der Waals surface area contributed by atoms with Gasteiger partial charge in [-0.2, -0.15) is 4.52 Å². The van der Waals surface area contributed by atoms with Crippen molar-refractivity contribution in [2.24, 2.45) is 0 Å². The molecule has 0 aromatic carbocycles. The third kappa shape index (κ3) is 0.471. The van der Waals surface area contributed by atoms with Gasteiger partial charge in [-0.3, -0.25) is 0 Å². The molecule has 6 heteroatoms. The number of fused-ring (bicyclic) bond motifs is 1. The number of aromatic nitrogens is 3. The van der Waals surface area contributed by atoms with E-state index in [4.69, 9.17) is 5.73 Å². The van der Waals surface area contributed by atoms with Gasteiger partial charge in [-0.15, -0.1) is 0 Å². The molecule has 10 heavy (non-hydrogen) atoms. The van der Waals surface area contributed by atoms with Crippen LogP contribution in [0.25, 0.3) is 5.71 Å². The van der Waals surface area contributed by atoms with Crippen LogP contribution in [0, 0.1) is 0 Å². The second kappa shape index (κ2) is 1.41. The minimum Gasteiger partial charge on any atom is -0.388 e. The zero-order valence-electron chi connectivity index (χ0n) is 4.87. The maximum atomic E-state index is 10.5. The topological polar surface area (TPSA) is 89.3 Å². The highest BCUT2D eigenvalue weighted by atomic mass is 16.4. The molecule has 2 aromatic rings. The molecule has 2 heterocycles. The van der Waals surface area contributed by atoms with Gasteiger partial charge in [-0.05, 0) is 0 Å². The van der Waals surface area contributed by atoms with Crippen LogP contribution in [0.4, 0.5) is 5.95 Å². The number of nitrogens with zero attached hydrogens (tertiary/aromatic N) is 2. The standard InChI is InChI=1S/C4H4N4O2/c5-3-6-1-2-8(3)7-4(9)10-2/h1H,(H2,5,6)(H,7,9). The molecule has 0 radical (unpaired) electrons. The molecule has 0 bridgehead atoms. The summed E-state index contributed by atoms with van der Waals surface area (Å²) in [4.78, 5) is 14.1. The Bertz CT molecular complexity index is 408. The summed E-state index contributed by atoms with van der Waals surface area (Å²) in [5.41, 5.74) is 5.63. The molecule has 0 fully saturated rings. The van der Waals surface area contributed by atoms with Gasteiger partial charge in [-0.1, -0.05) is 0 Å². The largest absolute Gasteiger partial charge is 0.433 e. The maximum Gasteiger partial charge on any atom is 0.433 e. The summed E-state index contributed by atoms with van der Waals surface area (Å²) >= 11 is 0. The smallest absolute Gasteiger partial charge is 0.388 e. The van der Waals surface area contributed by atoms with Crippen molar-refractivity contribution in [2.75, 3.05) is 5.73 Å². The van der Waals surface area contributed by atoms with Crippen molar-refractivity contribution in [3.63, 3.8) is 0 Å². The lowest BCUT2D eigenvalue weighted by Gasteiger charge is -1.80. The van der Waals surface area contributed by atoms with Crippen LogP contribution in [0.2, 0.25) is 0 Å². The highest BCUT2D eigenvalue weighted by Gasteiger charge is 2.02. The Morgan fingerprint density at radius 1 is 1.80 bits per heavy atom. The van der Waals surface area contributed by atoms with Crippen LogP contribution in [0.1, 0.15) is 0 Å². The summed E-state index contributed by atoms with van der Waals surface area (Å²) in [5.74, 6) is -0.329. The maximum absolute atomic E-state index is 10.5. The van der Waals surface area contributed by atoms with E-state index in [0.717, 1.165) is 0 Å². The van der Waals surface area contributed by atoms with E-state index in [0.29, 0.717) is 5.71 Å². The molecule has 0 aliphatic rings. The molecule has 0 saturated heterocycles. The van der Waals surface area contributed by atoms with E-state index < -0.39 is 5.76 Å². The number of anilines is 1. The van der Waals surface area contributed by atoms with Crippen LogP contribution in [0.5, 0.6) is 0 Å². The van der Waals surface area contributed by atoms with E-state index in [1.807, 2.05) is 0 Å². The first-order chi connectivity index (χ1) is 4.77. The summed E-state index contributed by atoms with van der Waals surface area (Å²) in [5, 5.41) is 2.31. The fourth-order valence-corrected chi connectivity index (χ4v) is 0.743. The zero-order chi connectivity index (χ0) is 7.14. The first-order valence-electron chi connectivity index (χ1n) is 2.59. The lowest BCUT2D eigenvalue weighted by Crippen LogP contribution is -2.01. The number of nitrogens with one attached hydrogen (secondary N) is 1. The van der Waals surface area contributed by atoms with Crippen molar-refractivity contribution in [3.8, 4) is 0 Å². The van der Waals surface area contributed by atoms with Crippen LogP contribution in [0.3, 0.4) is 0 Å². The Kier molecular flexibility index (Phi) is 0.717. The van der Waals surface area contributed by atoms with Gasteiger partial charge in [0, 0.05) is 0 Å². The van der Waals surface area contributed by atoms with Gasteiger partial charge in [0.15, 0.2) is 0 Å². The predicted octanol–water partition coefficient (Wildman–Crippen LogP) is -0.802. The number of H-pyrrole nitrogens is 1. The molecule has 2 rings (SSSR count). The van der Waals surface area contributed by atoms with Crippen LogP contribution in [0.15, 0.2) is 15.4 Å². The molecule has 0 aliphatic heterocycles. The average molecular weight is 140 g/mol. The zero-order valence-corrected chi connectivity index (χ0v) is 4.87. The van der Waals surface area contributed by atoms with Gasteiger partial charge in [-0.25, -0.2) is 14.9 Å². The highest BCUT2D eigenvalue weighted by molar-refractivity contribution is 5.37. The first-order valence-corrected chi connectivity index (χ1v) is 2.59. The highest BCUT2D eigenvalue weighted by Crippen LogP contribution is 2.01. The predicted molar refractivity (Wildman–Crippen MR) is 32.5 cm³/mol. The molecule has 0 spiro atoms. The van der Waals surface area contributed by atoms with Crippen molar-refractivity contribution in [3.05, 3.63) is 16.7 Å². The van der Waals surface area contributed by atoms with Crippen LogP contribution < -0.4 is 11.5 Å². The summed E-state index contributed by atoms with van der Waals surface area (Å²) in [6.07, 6.45) is 1.37. The van der Waals surface area contributed by atoms with Crippen LogP contribution >= 0.6 is 0 Å². The normalized spacial score (nSPS) is 10.8. The molecule has 52 valence electrons. The van der Waals surface area contributed by atoms with E-state index in [9.17, 15) is 4.79 Å². The fourth-order valence-electron chi connectivity index (χ4n) is 0.743. The molecule has 0 aliphatic carbocycles. The quantitative estimate of drug-likeness (QED) is 0.501. The van der Waals surface area contributed by atoms with Gasteiger partial charge < -0.3 is 10.2 Å². The number of nitrogen functional groups attached to an aromatic ring is 1. The summed E-state index contributed by atoms with van der Waals surface area (Å²) < 4.78 is 5.86. The number of hydrogen-bond acceptors (Lipinski definition) is 4. The molecule has 0 saturated carbocycles. The first kappa shape index (κ1) is 5.10. The number of hydrogen-bond donors (Lipinski definition) is 2. The number of aromatic amines is 1. The molecular weight excluding hydrogens is 136 g/mol. The molecule has 6 nitrogen and oxygen atoms in total. The molecule has 2 aromatic heterocycles. The Balaban J connectivity index is 3.03. The second-order valence-electron chi connectivity index (χ2n) is 1.79. The van der Waals surface area contributed by atoms with E-state index in [-0.39, 0.29) is 5.95 Å². The SMILES string of the molecule is Nc1ncc2oc(=O)[nH]n12. The molecule has 0 unspecified atom stereocenters. The molecule has 0 amide bonds. The minimum absolute atomic E-state index is 0.209. The third-order valence-corrected chi connectivity index (χ3v) is 1.16. The van der Waals surface area contributed by atoms with Gasteiger partial charge in [0.1, 0.15) is 0 Å². The van der Waals surface area contributed by atoms with Crippen molar-refractivity contribution in [2.45, 2.75) is 0 Å². The lowest BCUT2D eigenvalue weighted by molar-refractivity contribution is 0.554. The Labute approximate surface area is 54.3 Å². The van der Waals surface area contributed by atoms with Crippen LogP contribution in [-0.4, -0.2) is 14.6 Å². The van der Waals surface area contributed by atoms with Crippen molar-refractivity contribution in [1.82, 2.24) is 14.6 Å². The van der Waals surface area contributed by atoms with Crippen molar-refractivity contribution < 1.29 is 4.42 Å². The Morgan fingerprint density at radius 2 is 2.60 bits per heavy atom. The third-order valence-electron chi connectivity index (χ3n) is 1.16. The Morgan fingerprint density at radius 3 is 3.30 bits per heavy atom. The fraction of sp³-hybridized carbons (Fsp3) is 0. The number of imidazole rings is 1. The number of rotatable bonds is 0. The van der Waals surface area contributed by atoms with E-state index in [1.54, 1.807) is 0 Å². The van der Waals surface area contributed by atoms with E-state index in [2.05, 4.69) is 14.5 Å². The van der Waals surface area contributed by atoms with Gasteiger partial charge in [0.05, 0.1) is 6.20 Å². The van der Waals surface area contributed by atoms with Crippen LogP contribution in [-0.2, 0) is 0 Å². The number of nitrogens with two attached hydrogens (primary N) is 1. The second-order valence-corrected chi connectivity index (χ2v) is 1.79. The summed E-state index contributed by atoms with van der Waals surface area (Å²) in [6, 6.07) is 0. The van der Waals surface area contributed by atoms with Gasteiger partial charge >= 0.3 is 5.76 Å². The van der Waals surface area contributed by atoms with E-state index in [1.165, 1.54) is 10.7 Å². The minimum atomic E-state index is -0.538. The average Bonchev–Trinajstić information content (AvgIpc) is 2.35. The molecular formula is C4H4N4O2. The van der Waals surface area contributed by atoms with E-state index >= 15 is 0 Å². The summed E-state index contributed by atoms with van der Waals surface area (Å²) in [6.45, 7) is 0. The van der Waals surface area contributed by atoms with Crippen molar-refractivity contribution in [1.29, 1.82) is 0 Å². The van der Waals surface area contributed by atoms with Gasteiger partial charge in [0.25, 0.3) is 0 Å². The lowest BCUT2D eigenvalue weighted by atomic mass is 10.9. The monoisotopic (exact) mass is 140 g/mol. The van der Waals surface area contributed by atoms with Crippen molar-refractivity contribution >= 4 is 11.7 Å². The molecule has 3 N–H and O–H groups in total. The van der Waals surface area contributed by atoms with Gasteiger partial charge in [0.2, 0.25) is 11.7 Å². The summed E-state index contributed by atoms with van der Waals surface area (Å²) in [7, 11) is 0. The molecule has 0 atom stereocenters. The Hall–Kier alpha value is -1.72.